The molecule has 0 bridgehead atoms. The Morgan fingerprint density at radius 3 is 2.85 bits per heavy atom. The lowest BCUT2D eigenvalue weighted by molar-refractivity contribution is 0.0674. The minimum Gasteiger partial charge on any atom is -0.397 e. The number of nitrogen functional groups attached to an aromatic ring is 1. The molecule has 0 aromatic heterocycles. The molecule has 0 amide bonds. The maximum absolute atomic E-state index is 13.1. The van der Waals surface area contributed by atoms with E-state index < -0.39 is 0 Å². The van der Waals surface area contributed by atoms with Crippen molar-refractivity contribution in [2.24, 2.45) is 5.92 Å². The predicted octanol–water partition coefficient (Wildman–Crippen LogP) is 1.30. The molecule has 0 saturated carbocycles. The summed E-state index contributed by atoms with van der Waals surface area (Å²) in [6, 6.07) is 5.17. The van der Waals surface area contributed by atoms with Crippen LogP contribution in [0.4, 0.5) is 15.8 Å². The number of rotatable bonds is 2. The number of aliphatic hydroxyl groups is 1. The van der Waals surface area contributed by atoms with Crippen LogP contribution in [0.25, 0.3) is 0 Å². The summed E-state index contributed by atoms with van der Waals surface area (Å²) in [6.07, 6.45) is 2.20. The van der Waals surface area contributed by atoms with Gasteiger partial charge >= 0.3 is 0 Å². The summed E-state index contributed by atoms with van der Waals surface area (Å²) in [7, 11) is 0. The second kappa shape index (κ2) is 5.58. The molecule has 0 unspecified atom stereocenters. The van der Waals surface area contributed by atoms with E-state index in [-0.39, 0.29) is 12.4 Å². The SMILES string of the molecule is Nc1cc(F)ccc1N1CCN2C[C@H](CO)CC[C@H]2C1. The summed E-state index contributed by atoms with van der Waals surface area (Å²) in [4.78, 5) is 4.73. The van der Waals surface area contributed by atoms with Crippen LogP contribution in [0, 0.1) is 11.7 Å². The van der Waals surface area contributed by atoms with Gasteiger partial charge in [-0.25, -0.2) is 4.39 Å². The van der Waals surface area contributed by atoms with Crippen LogP contribution in [0.5, 0.6) is 0 Å². The number of fused-ring (bicyclic) bond motifs is 1. The van der Waals surface area contributed by atoms with Gasteiger partial charge in [-0.15, -0.1) is 0 Å². The summed E-state index contributed by atoms with van der Waals surface area (Å²) in [6.45, 7) is 4.11. The van der Waals surface area contributed by atoms with Gasteiger partial charge in [0.2, 0.25) is 0 Å². The molecule has 110 valence electrons. The highest BCUT2D eigenvalue weighted by atomic mass is 19.1. The summed E-state index contributed by atoms with van der Waals surface area (Å²) < 4.78 is 13.1. The average molecular weight is 279 g/mol. The molecule has 2 heterocycles. The largest absolute Gasteiger partial charge is 0.397 e. The van der Waals surface area contributed by atoms with Gasteiger partial charge in [0.1, 0.15) is 5.82 Å². The normalized spacial score (nSPS) is 27.4. The Labute approximate surface area is 119 Å². The quantitative estimate of drug-likeness (QED) is 0.801. The van der Waals surface area contributed by atoms with E-state index in [1.165, 1.54) is 12.1 Å². The fraction of sp³-hybridized carbons (Fsp3) is 0.600. The zero-order valence-corrected chi connectivity index (χ0v) is 11.6. The topological polar surface area (TPSA) is 52.7 Å². The predicted molar refractivity (Wildman–Crippen MR) is 78.2 cm³/mol. The van der Waals surface area contributed by atoms with Gasteiger partial charge in [-0.3, -0.25) is 4.90 Å². The lowest BCUT2D eigenvalue weighted by Gasteiger charge is -2.47. The number of piperidine rings is 1. The highest BCUT2D eigenvalue weighted by molar-refractivity contribution is 5.67. The standard InChI is InChI=1S/C15H22FN3O/c16-12-2-4-15(14(17)7-12)19-6-5-18-8-11(10-20)1-3-13(18)9-19/h2,4,7,11,13,20H,1,3,5-6,8-10,17H2/t11-,13+/m1/s1. The van der Waals surface area contributed by atoms with Crippen LogP contribution >= 0.6 is 0 Å². The molecule has 1 aromatic rings. The van der Waals surface area contributed by atoms with Crippen LogP contribution in [0.3, 0.4) is 0 Å². The Morgan fingerprint density at radius 2 is 2.10 bits per heavy atom. The third-order valence-corrected chi connectivity index (χ3v) is 4.59. The zero-order valence-electron chi connectivity index (χ0n) is 11.6. The molecule has 4 nitrogen and oxygen atoms in total. The number of nitrogens with zero attached hydrogens (tertiary/aromatic N) is 2. The van der Waals surface area contributed by atoms with Gasteiger partial charge < -0.3 is 15.7 Å². The van der Waals surface area contributed by atoms with Crippen molar-refractivity contribution in [2.45, 2.75) is 18.9 Å². The van der Waals surface area contributed by atoms with E-state index in [0.717, 1.165) is 44.7 Å². The third-order valence-electron chi connectivity index (χ3n) is 4.59. The first-order valence-corrected chi connectivity index (χ1v) is 7.32. The Bertz CT molecular complexity index is 482. The molecule has 0 radical (unpaired) electrons. The van der Waals surface area contributed by atoms with Crippen molar-refractivity contribution in [2.75, 3.05) is 43.4 Å². The number of benzene rings is 1. The molecule has 0 aliphatic carbocycles. The van der Waals surface area contributed by atoms with E-state index in [0.29, 0.717) is 17.6 Å². The van der Waals surface area contributed by atoms with Crippen molar-refractivity contribution in [3.05, 3.63) is 24.0 Å². The van der Waals surface area contributed by atoms with Crippen LogP contribution < -0.4 is 10.6 Å². The maximum Gasteiger partial charge on any atom is 0.125 e. The minimum atomic E-state index is -0.284. The number of hydrogen-bond donors (Lipinski definition) is 2. The van der Waals surface area contributed by atoms with Gasteiger partial charge in [-0.05, 0) is 37.0 Å². The number of nitrogens with two attached hydrogens (primary N) is 1. The van der Waals surface area contributed by atoms with Gasteiger partial charge in [0, 0.05) is 38.8 Å². The van der Waals surface area contributed by atoms with E-state index in [4.69, 9.17) is 5.73 Å². The highest BCUT2D eigenvalue weighted by Crippen LogP contribution is 2.30. The monoisotopic (exact) mass is 279 g/mol. The van der Waals surface area contributed by atoms with E-state index >= 15 is 0 Å². The van der Waals surface area contributed by atoms with Crippen molar-refractivity contribution >= 4 is 11.4 Å². The first-order valence-electron chi connectivity index (χ1n) is 7.32. The number of hydrogen-bond acceptors (Lipinski definition) is 4. The van der Waals surface area contributed by atoms with Gasteiger partial charge in [0.25, 0.3) is 0 Å². The number of anilines is 2. The van der Waals surface area contributed by atoms with E-state index in [1.807, 2.05) is 0 Å². The maximum atomic E-state index is 13.1. The lowest BCUT2D eigenvalue weighted by Crippen LogP contribution is -2.57. The minimum absolute atomic E-state index is 0.284. The number of halogens is 1. The van der Waals surface area contributed by atoms with Crippen molar-refractivity contribution in [3.63, 3.8) is 0 Å². The molecule has 2 fully saturated rings. The lowest BCUT2D eigenvalue weighted by atomic mass is 9.91. The molecule has 5 heteroatoms. The molecule has 20 heavy (non-hydrogen) atoms. The van der Waals surface area contributed by atoms with Crippen molar-refractivity contribution in [1.82, 2.24) is 4.90 Å². The number of piperazine rings is 1. The van der Waals surface area contributed by atoms with Crippen molar-refractivity contribution in [1.29, 1.82) is 0 Å². The van der Waals surface area contributed by atoms with Crippen LogP contribution in [-0.4, -0.2) is 48.8 Å². The Hall–Kier alpha value is -1.33. The second-order valence-corrected chi connectivity index (χ2v) is 5.92. The van der Waals surface area contributed by atoms with Gasteiger partial charge in [-0.1, -0.05) is 0 Å². The van der Waals surface area contributed by atoms with Gasteiger partial charge in [-0.2, -0.15) is 0 Å². The smallest absolute Gasteiger partial charge is 0.125 e. The van der Waals surface area contributed by atoms with Crippen LogP contribution in [-0.2, 0) is 0 Å². The third kappa shape index (κ3) is 2.60. The summed E-state index contributed by atoms with van der Waals surface area (Å²) in [5, 5.41) is 9.28. The van der Waals surface area contributed by atoms with Crippen LogP contribution in [0.2, 0.25) is 0 Å². The summed E-state index contributed by atoms with van der Waals surface area (Å²) >= 11 is 0. The molecule has 3 N–H and O–H groups in total. The highest BCUT2D eigenvalue weighted by Gasteiger charge is 2.32. The van der Waals surface area contributed by atoms with Crippen LogP contribution in [0.1, 0.15) is 12.8 Å². The number of aliphatic hydroxyl groups excluding tert-OH is 1. The molecule has 3 rings (SSSR count). The van der Waals surface area contributed by atoms with Crippen LogP contribution in [0.15, 0.2) is 18.2 Å². The molecule has 2 aliphatic rings. The summed E-state index contributed by atoms with van der Waals surface area (Å²) in [5.41, 5.74) is 7.39. The van der Waals surface area contributed by atoms with E-state index in [1.54, 1.807) is 6.07 Å². The molecule has 2 atom stereocenters. The Morgan fingerprint density at radius 1 is 1.25 bits per heavy atom. The first-order chi connectivity index (χ1) is 9.67. The molecule has 2 saturated heterocycles. The molecular formula is C15H22FN3O. The molecule has 0 spiro atoms. The zero-order chi connectivity index (χ0) is 14.1. The van der Waals surface area contributed by atoms with Crippen molar-refractivity contribution < 1.29 is 9.50 Å². The fourth-order valence-corrected chi connectivity index (χ4v) is 3.44. The van der Waals surface area contributed by atoms with Crippen molar-refractivity contribution in [3.8, 4) is 0 Å². The Balaban J connectivity index is 1.70. The van der Waals surface area contributed by atoms with E-state index in [2.05, 4.69) is 9.80 Å². The fourth-order valence-electron chi connectivity index (χ4n) is 3.44. The summed E-state index contributed by atoms with van der Waals surface area (Å²) in [5.74, 6) is 0.141. The van der Waals surface area contributed by atoms with E-state index in [9.17, 15) is 9.50 Å². The van der Waals surface area contributed by atoms with Gasteiger partial charge in [0.05, 0.1) is 11.4 Å². The molecule has 1 aromatic carbocycles. The van der Waals surface area contributed by atoms with Gasteiger partial charge in [0.15, 0.2) is 0 Å². The Kier molecular flexibility index (Phi) is 3.81. The molecular weight excluding hydrogens is 257 g/mol. The average Bonchev–Trinajstić information content (AvgIpc) is 2.46. The second-order valence-electron chi connectivity index (χ2n) is 5.92. The molecule has 2 aliphatic heterocycles. The first kappa shape index (κ1) is 13.6.